The predicted molar refractivity (Wildman–Crippen MR) is 94.4 cm³/mol. The number of nitro groups is 1. The molecule has 0 unspecified atom stereocenters. The number of pyridine rings is 1. The minimum atomic E-state index is -0.496. The molecule has 6 heteroatoms. The molecule has 1 aromatic carbocycles. The lowest BCUT2D eigenvalue weighted by Crippen LogP contribution is -2.29. The molecule has 1 aliphatic carbocycles. The van der Waals surface area contributed by atoms with Gasteiger partial charge in [0.25, 0.3) is 11.6 Å². The van der Waals surface area contributed by atoms with Crippen LogP contribution in [0.3, 0.4) is 0 Å². The fourth-order valence-electron chi connectivity index (χ4n) is 3.31. The molecular formula is C19H21N3O3. The molecule has 25 heavy (non-hydrogen) atoms. The number of carbonyl (C=O) groups is 1. The summed E-state index contributed by atoms with van der Waals surface area (Å²) >= 11 is 0. The molecule has 130 valence electrons. The lowest BCUT2D eigenvalue weighted by Gasteiger charge is -2.17. The zero-order valence-corrected chi connectivity index (χ0v) is 14.2. The van der Waals surface area contributed by atoms with E-state index in [4.69, 9.17) is 4.99 Å². The molecular weight excluding hydrogens is 318 g/mol. The van der Waals surface area contributed by atoms with Crippen LogP contribution in [-0.2, 0) is 0 Å². The summed E-state index contributed by atoms with van der Waals surface area (Å²) in [6.07, 6.45) is 7.20. The van der Waals surface area contributed by atoms with Crippen LogP contribution >= 0.6 is 0 Å². The highest BCUT2D eigenvalue weighted by Crippen LogP contribution is 2.24. The normalized spacial score (nSPS) is 16.0. The second-order valence-electron chi connectivity index (χ2n) is 6.38. The largest absolute Gasteiger partial charge is 0.285 e. The van der Waals surface area contributed by atoms with Gasteiger partial charge in [-0.25, -0.2) is 0 Å². The lowest BCUT2D eigenvalue weighted by molar-refractivity contribution is -0.385. The average molecular weight is 339 g/mol. The fourth-order valence-corrected chi connectivity index (χ4v) is 3.31. The van der Waals surface area contributed by atoms with Crippen LogP contribution in [0.15, 0.2) is 47.6 Å². The molecule has 1 aromatic heterocycles. The Bertz CT molecular complexity index is 864. The van der Waals surface area contributed by atoms with Crippen molar-refractivity contribution in [1.29, 1.82) is 0 Å². The number of aromatic nitrogens is 1. The van der Waals surface area contributed by atoms with Crippen molar-refractivity contribution in [1.82, 2.24) is 4.57 Å². The standard InChI is InChI=1S/C19H21N3O3/c1-14-8-7-11-16(18(14)22(24)25)19(23)21-13-6-5-12-17(21)20-15-9-3-2-4-10-15/h5-8,11-13,15H,2-4,9-10H2,1H3. The molecule has 1 aliphatic rings. The van der Waals surface area contributed by atoms with Gasteiger partial charge < -0.3 is 0 Å². The molecule has 0 N–H and O–H groups in total. The summed E-state index contributed by atoms with van der Waals surface area (Å²) in [6.45, 7) is 1.64. The first-order valence-electron chi connectivity index (χ1n) is 8.58. The van der Waals surface area contributed by atoms with Crippen LogP contribution in [-0.4, -0.2) is 21.4 Å². The van der Waals surface area contributed by atoms with Crippen LogP contribution in [0.4, 0.5) is 5.69 Å². The van der Waals surface area contributed by atoms with Crippen LogP contribution in [0, 0.1) is 17.0 Å². The Labute approximate surface area is 146 Å². The topological polar surface area (TPSA) is 77.5 Å². The summed E-state index contributed by atoms with van der Waals surface area (Å²) in [5, 5.41) is 11.4. The van der Waals surface area contributed by atoms with E-state index < -0.39 is 10.8 Å². The molecule has 0 saturated heterocycles. The first kappa shape index (κ1) is 17.1. The van der Waals surface area contributed by atoms with Crippen molar-refractivity contribution in [3.8, 4) is 0 Å². The van der Waals surface area contributed by atoms with Crippen molar-refractivity contribution in [2.75, 3.05) is 0 Å². The number of hydrogen-bond donors (Lipinski definition) is 0. The maximum Gasteiger partial charge on any atom is 0.285 e. The maximum absolute atomic E-state index is 13.0. The summed E-state index contributed by atoms with van der Waals surface area (Å²) in [5.41, 5.74) is 0.960. The Morgan fingerprint density at radius 2 is 1.92 bits per heavy atom. The van der Waals surface area contributed by atoms with Gasteiger partial charge in [-0.2, -0.15) is 0 Å². The molecule has 6 nitrogen and oxygen atoms in total. The highest BCUT2D eigenvalue weighted by Gasteiger charge is 2.23. The first-order valence-corrected chi connectivity index (χ1v) is 8.58. The third kappa shape index (κ3) is 3.68. The van der Waals surface area contributed by atoms with Crippen molar-refractivity contribution < 1.29 is 9.72 Å². The number of hydrogen-bond acceptors (Lipinski definition) is 4. The number of nitrogens with zero attached hydrogens (tertiary/aromatic N) is 3. The summed E-state index contributed by atoms with van der Waals surface area (Å²) in [4.78, 5) is 28.6. The third-order valence-electron chi connectivity index (χ3n) is 4.60. The van der Waals surface area contributed by atoms with E-state index in [2.05, 4.69) is 0 Å². The second-order valence-corrected chi connectivity index (χ2v) is 6.38. The SMILES string of the molecule is Cc1cccc(C(=O)n2ccccc2=NC2CCCCC2)c1[N+](=O)[O-]. The van der Waals surface area contributed by atoms with E-state index in [0.717, 1.165) is 25.7 Å². The first-order chi connectivity index (χ1) is 12.1. The minimum Gasteiger partial charge on any atom is -0.268 e. The summed E-state index contributed by atoms with van der Waals surface area (Å²) in [6, 6.07) is 10.4. The molecule has 1 saturated carbocycles. The molecule has 1 fully saturated rings. The minimum absolute atomic E-state index is 0.0845. The molecule has 2 aromatic rings. The van der Waals surface area contributed by atoms with E-state index in [9.17, 15) is 14.9 Å². The number of para-hydroxylation sites is 1. The Kier molecular flexibility index (Phi) is 5.07. The number of carbonyl (C=O) groups excluding carboxylic acids is 1. The van der Waals surface area contributed by atoms with Crippen LogP contribution in [0.25, 0.3) is 0 Å². The van der Waals surface area contributed by atoms with E-state index >= 15 is 0 Å². The Hall–Kier alpha value is -2.76. The van der Waals surface area contributed by atoms with Crippen molar-refractivity contribution >= 4 is 11.6 Å². The van der Waals surface area contributed by atoms with Gasteiger partial charge in [0.15, 0.2) is 0 Å². The van der Waals surface area contributed by atoms with Gasteiger partial charge in [0.2, 0.25) is 0 Å². The Morgan fingerprint density at radius 1 is 1.16 bits per heavy atom. The predicted octanol–water partition coefficient (Wildman–Crippen LogP) is 3.63. The lowest BCUT2D eigenvalue weighted by atomic mass is 9.96. The molecule has 0 aliphatic heterocycles. The van der Waals surface area contributed by atoms with Crippen molar-refractivity contribution in [3.05, 3.63) is 69.3 Å². The van der Waals surface area contributed by atoms with Gasteiger partial charge in [-0.3, -0.25) is 24.5 Å². The maximum atomic E-state index is 13.0. The highest BCUT2D eigenvalue weighted by atomic mass is 16.6. The zero-order valence-electron chi connectivity index (χ0n) is 14.2. The Morgan fingerprint density at radius 3 is 2.64 bits per heavy atom. The molecule has 3 rings (SSSR count). The van der Waals surface area contributed by atoms with Gasteiger partial charge >= 0.3 is 0 Å². The molecule has 0 spiro atoms. The van der Waals surface area contributed by atoms with Crippen molar-refractivity contribution in [3.63, 3.8) is 0 Å². The van der Waals surface area contributed by atoms with E-state index in [-0.39, 0.29) is 17.3 Å². The number of nitro benzene ring substituents is 1. The number of benzene rings is 1. The summed E-state index contributed by atoms with van der Waals surface area (Å²) in [5.74, 6) is -0.425. The number of aryl methyl sites for hydroxylation is 1. The van der Waals surface area contributed by atoms with E-state index in [1.165, 1.54) is 17.1 Å². The van der Waals surface area contributed by atoms with Gasteiger partial charge in [-0.1, -0.05) is 37.5 Å². The van der Waals surface area contributed by atoms with Crippen LogP contribution in [0.2, 0.25) is 0 Å². The quantitative estimate of drug-likeness (QED) is 0.633. The van der Waals surface area contributed by atoms with E-state index in [1.807, 2.05) is 6.07 Å². The highest BCUT2D eigenvalue weighted by molar-refractivity contribution is 6.00. The average Bonchev–Trinajstić information content (AvgIpc) is 2.62. The summed E-state index contributed by atoms with van der Waals surface area (Å²) < 4.78 is 1.41. The third-order valence-corrected chi connectivity index (χ3v) is 4.60. The summed E-state index contributed by atoms with van der Waals surface area (Å²) in [7, 11) is 0. The monoisotopic (exact) mass is 339 g/mol. The smallest absolute Gasteiger partial charge is 0.268 e. The van der Waals surface area contributed by atoms with Crippen LogP contribution in [0.1, 0.15) is 48.0 Å². The Balaban J connectivity index is 2.06. The van der Waals surface area contributed by atoms with Gasteiger partial charge in [0, 0.05) is 11.8 Å². The van der Waals surface area contributed by atoms with Crippen molar-refractivity contribution in [2.24, 2.45) is 4.99 Å². The van der Waals surface area contributed by atoms with Gasteiger partial charge in [-0.05, 0) is 38.0 Å². The fraction of sp³-hybridized carbons (Fsp3) is 0.368. The van der Waals surface area contributed by atoms with Gasteiger partial charge in [0.1, 0.15) is 11.1 Å². The molecule has 0 radical (unpaired) electrons. The van der Waals surface area contributed by atoms with Crippen LogP contribution < -0.4 is 5.49 Å². The molecule has 0 bridgehead atoms. The van der Waals surface area contributed by atoms with E-state index in [0.29, 0.717) is 11.1 Å². The second kappa shape index (κ2) is 7.42. The van der Waals surface area contributed by atoms with E-state index in [1.54, 1.807) is 37.4 Å². The van der Waals surface area contributed by atoms with Crippen LogP contribution in [0.5, 0.6) is 0 Å². The van der Waals surface area contributed by atoms with Gasteiger partial charge in [0.05, 0.1) is 11.0 Å². The van der Waals surface area contributed by atoms with Gasteiger partial charge in [-0.15, -0.1) is 0 Å². The number of rotatable bonds is 3. The molecule has 0 amide bonds. The molecule has 0 atom stereocenters. The molecule has 1 heterocycles. The van der Waals surface area contributed by atoms with Crippen molar-refractivity contribution in [2.45, 2.75) is 45.1 Å². The zero-order chi connectivity index (χ0) is 17.8.